The molecular formula is C23H41N3O6Si2. The molecule has 3 saturated heterocycles. The van der Waals surface area contributed by atoms with Gasteiger partial charge in [-0.25, -0.2) is 4.79 Å². The summed E-state index contributed by atoms with van der Waals surface area (Å²) in [5.41, 5.74) is -0.266. The predicted octanol–water partition coefficient (Wildman–Crippen LogP) is 3.04. The van der Waals surface area contributed by atoms with E-state index in [4.69, 9.17) is 17.7 Å². The molecule has 0 spiro atoms. The smallest absolute Gasteiger partial charge is 0.335 e. The van der Waals surface area contributed by atoms with E-state index in [-0.39, 0.29) is 39.9 Å². The van der Waals surface area contributed by atoms with Crippen molar-refractivity contribution < 1.29 is 17.7 Å². The highest BCUT2D eigenvalue weighted by Gasteiger charge is 2.68. The van der Waals surface area contributed by atoms with Crippen molar-refractivity contribution in [3.63, 3.8) is 0 Å². The maximum atomic E-state index is 12.7. The summed E-state index contributed by atoms with van der Waals surface area (Å²) in [5, 5.41) is 3.56. The van der Waals surface area contributed by atoms with Gasteiger partial charge in [-0.1, -0.05) is 55.4 Å². The SMILES string of the molecule is Cc1cn([C@@H]2O[C@]34CN[C@H]2[C@@H]3O[Si](C(C)C)(C(C)C)O[Si](C(C)C)(C(C)C)OC4)c(=O)[nH]c1=O. The van der Waals surface area contributed by atoms with E-state index in [1.54, 1.807) is 13.1 Å². The van der Waals surface area contributed by atoms with E-state index in [2.05, 4.69) is 65.7 Å². The number of aromatic amines is 1. The van der Waals surface area contributed by atoms with Crippen LogP contribution in [0, 0.1) is 6.92 Å². The Morgan fingerprint density at radius 3 is 2.15 bits per heavy atom. The molecule has 3 aliphatic rings. The van der Waals surface area contributed by atoms with Gasteiger partial charge in [-0.3, -0.25) is 14.3 Å². The summed E-state index contributed by atoms with van der Waals surface area (Å²) >= 11 is 0. The molecule has 11 heteroatoms. The van der Waals surface area contributed by atoms with Gasteiger partial charge in [-0.05, 0) is 29.1 Å². The Kier molecular flexibility index (Phi) is 6.72. The fourth-order valence-corrected chi connectivity index (χ4v) is 17.3. The Hall–Kier alpha value is -1.09. The van der Waals surface area contributed by atoms with Crippen LogP contribution in [-0.4, -0.2) is 57.6 Å². The summed E-state index contributed by atoms with van der Waals surface area (Å²) in [6, 6.07) is -0.258. The Labute approximate surface area is 204 Å². The lowest BCUT2D eigenvalue weighted by atomic mass is 10.0. The van der Waals surface area contributed by atoms with Crippen molar-refractivity contribution in [1.82, 2.24) is 14.9 Å². The number of hydrogen-bond acceptors (Lipinski definition) is 7. The number of aryl methyl sites for hydroxylation is 1. The first-order valence-corrected chi connectivity index (χ1v) is 16.5. The van der Waals surface area contributed by atoms with Gasteiger partial charge >= 0.3 is 22.8 Å². The molecule has 0 aliphatic carbocycles. The van der Waals surface area contributed by atoms with Gasteiger partial charge in [0, 0.05) is 18.3 Å². The first-order valence-electron chi connectivity index (χ1n) is 12.5. The largest absolute Gasteiger partial charge is 0.414 e. The Balaban J connectivity index is 1.84. The number of hydrogen-bond donors (Lipinski definition) is 2. The van der Waals surface area contributed by atoms with Crippen molar-refractivity contribution in [2.75, 3.05) is 13.2 Å². The van der Waals surface area contributed by atoms with Crippen LogP contribution in [0.3, 0.4) is 0 Å². The second kappa shape index (κ2) is 8.79. The first kappa shape index (κ1) is 26.0. The molecule has 192 valence electrons. The summed E-state index contributed by atoms with van der Waals surface area (Å²) in [7, 11) is -5.51. The second-order valence-electron chi connectivity index (χ2n) is 11.4. The monoisotopic (exact) mass is 511 g/mol. The summed E-state index contributed by atoms with van der Waals surface area (Å²) in [6.07, 6.45) is 0.649. The lowest BCUT2D eigenvalue weighted by molar-refractivity contribution is -0.137. The van der Waals surface area contributed by atoms with Crippen molar-refractivity contribution in [3.8, 4) is 0 Å². The molecule has 4 heterocycles. The minimum absolute atomic E-state index is 0.201. The molecule has 3 fully saturated rings. The number of morpholine rings is 1. The van der Waals surface area contributed by atoms with Gasteiger partial charge in [-0.2, -0.15) is 0 Å². The molecule has 0 unspecified atom stereocenters. The Morgan fingerprint density at radius 1 is 1.00 bits per heavy atom. The van der Waals surface area contributed by atoms with Crippen molar-refractivity contribution in [2.45, 2.75) is 108 Å². The average Bonchev–Trinajstić information content (AvgIpc) is 3.21. The fraction of sp³-hybridized carbons (Fsp3) is 0.826. The van der Waals surface area contributed by atoms with Gasteiger partial charge in [0.1, 0.15) is 5.60 Å². The fourth-order valence-electron chi connectivity index (χ4n) is 6.00. The van der Waals surface area contributed by atoms with E-state index in [1.165, 1.54) is 4.57 Å². The third-order valence-corrected chi connectivity index (χ3v) is 18.2. The van der Waals surface area contributed by atoms with Crippen LogP contribution in [0.25, 0.3) is 0 Å². The van der Waals surface area contributed by atoms with E-state index in [0.29, 0.717) is 18.7 Å². The molecule has 0 radical (unpaired) electrons. The van der Waals surface area contributed by atoms with E-state index in [9.17, 15) is 9.59 Å². The highest BCUT2D eigenvalue weighted by molar-refractivity contribution is 6.84. The molecule has 2 N–H and O–H groups in total. The molecule has 0 saturated carbocycles. The zero-order valence-corrected chi connectivity index (χ0v) is 23.9. The van der Waals surface area contributed by atoms with E-state index in [1.807, 2.05) is 0 Å². The van der Waals surface area contributed by atoms with Gasteiger partial charge in [-0.15, -0.1) is 0 Å². The quantitative estimate of drug-likeness (QED) is 0.586. The van der Waals surface area contributed by atoms with Crippen molar-refractivity contribution >= 4 is 17.1 Å². The molecule has 0 amide bonds. The van der Waals surface area contributed by atoms with Crippen molar-refractivity contribution in [2.24, 2.45) is 0 Å². The number of aromatic nitrogens is 2. The van der Waals surface area contributed by atoms with Gasteiger partial charge in [0.15, 0.2) is 6.23 Å². The number of nitrogens with one attached hydrogen (secondary N) is 2. The molecule has 1 aromatic rings. The average molecular weight is 512 g/mol. The van der Waals surface area contributed by atoms with Crippen LogP contribution in [0.4, 0.5) is 0 Å². The predicted molar refractivity (Wildman–Crippen MR) is 135 cm³/mol. The lowest BCUT2D eigenvalue weighted by Crippen LogP contribution is -2.67. The van der Waals surface area contributed by atoms with Crippen LogP contribution in [0.1, 0.15) is 67.2 Å². The van der Waals surface area contributed by atoms with Crippen LogP contribution < -0.4 is 16.6 Å². The zero-order valence-electron chi connectivity index (χ0n) is 21.9. The van der Waals surface area contributed by atoms with Crippen LogP contribution in [0.5, 0.6) is 0 Å². The molecule has 2 bridgehead atoms. The van der Waals surface area contributed by atoms with Gasteiger partial charge in [0.2, 0.25) is 0 Å². The van der Waals surface area contributed by atoms with Gasteiger partial charge in [0.05, 0.1) is 18.8 Å². The van der Waals surface area contributed by atoms with Crippen molar-refractivity contribution in [1.29, 1.82) is 0 Å². The number of rotatable bonds is 5. The Morgan fingerprint density at radius 2 is 1.59 bits per heavy atom. The lowest BCUT2D eigenvalue weighted by Gasteiger charge is -2.52. The summed E-state index contributed by atoms with van der Waals surface area (Å²) in [5.74, 6) is 0. The summed E-state index contributed by atoms with van der Waals surface area (Å²) in [6.45, 7) is 20.2. The topological polar surface area (TPSA) is 104 Å². The van der Waals surface area contributed by atoms with E-state index >= 15 is 0 Å². The van der Waals surface area contributed by atoms with Gasteiger partial charge < -0.3 is 23.0 Å². The van der Waals surface area contributed by atoms with Crippen LogP contribution in [-0.2, 0) is 17.7 Å². The minimum atomic E-state index is -2.81. The third-order valence-electron chi connectivity index (χ3n) is 7.96. The zero-order chi connectivity index (χ0) is 25.2. The first-order chi connectivity index (χ1) is 15.8. The summed E-state index contributed by atoms with van der Waals surface area (Å²) in [4.78, 5) is 27.1. The number of nitrogens with zero attached hydrogens (tertiary/aromatic N) is 1. The summed E-state index contributed by atoms with van der Waals surface area (Å²) < 4.78 is 29.5. The molecule has 9 nitrogen and oxygen atoms in total. The Bertz CT molecular complexity index is 1020. The maximum Gasteiger partial charge on any atom is 0.335 e. The third kappa shape index (κ3) is 3.75. The second-order valence-corrected chi connectivity index (χ2v) is 20.3. The van der Waals surface area contributed by atoms with Crippen LogP contribution in [0.15, 0.2) is 15.8 Å². The van der Waals surface area contributed by atoms with Gasteiger partial charge in [0.25, 0.3) is 5.56 Å². The minimum Gasteiger partial charge on any atom is -0.414 e. The normalized spacial score (nSPS) is 32.4. The molecule has 34 heavy (non-hydrogen) atoms. The van der Waals surface area contributed by atoms with Crippen LogP contribution in [0.2, 0.25) is 22.2 Å². The number of H-pyrrole nitrogens is 1. The van der Waals surface area contributed by atoms with Crippen LogP contribution >= 0.6 is 0 Å². The molecule has 4 atom stereocenters. The molecule has 4 rings (SSSR count). The molecule has 1 aromatic heterocycles. The maximum absolute atomic E-state index is 12.7. The van der Waals surface area contributed by atoms with E-state index < -0.39 is 34.6 Å². The standard InChI is InChI=1S/C23H41N3O6Si2/c1-13(2)33(14(3)4)29-12-23-11-24-18(19(23)31-34(32-33,15(5)6)16(7)8)21(30-23)26-10-17(9)20(27)25-22(26)28/h10,13-16,18-19,21,24H,11-12H2,1-9H3,(H,25,27,28)/t18-,19-,21+,23-/m0/s1. The highest BCUT2D eigenvalue weighted by atomic mass is 28.5. The highest BCUT2D eigenvalue weighted by Crippen LogP contribution is 2.52. The number of ether oxygens (including phenoxy) is 1. The molecule has 0 aromatic carbocycles. The molecule has 3 aliphatic heterocycles. The molecular weight excluding hydrogens is 470 g/mol. The van der Waals surface area contributed by atoms with E-state index in [0.717, 1.165) is 0 Å². The van der Waals surface area contributed by atoms with Crippen molar-refractivity contribution in [3.05, 3.63) is 32.6 Å².